The van der Waals surface area contributed by atoms with E-state index in [9.17, 15) is 4.79 Å². The van der Waals surface area contributed by atoms with Gasteiger partial charge in [0.25, 0.3) is 0 Å². The van der Waals surface area contributed by atoms with Crippen LogP contribution in [0.15, 0.2) is 0 Å². The molecule has 1 saturated carbocycles. The molecule has 1 atom stereocenters. The van der Waals surface area contributed by atoms with Crippen LogP contribution >= 0.6 is 0 Å². The molecule has 12 heavy (non-hydrogen) atoms. The summed E-state index contributed by atoms with van der Waals surface area (Å²) in [6, 6.07) is -0.134. The lowest BCUT2D eigenvalue weighted by Gasteiger charge is -2.13. The van der Waals surface area contributed by atoms with Crippen molar-refractivity contribution in [3.8, 4) is 0 Å². The molecule has 0 aliphatic heterocycles. The van der Waals surface area contributed by atoms with Gasteiger partial charge in [-0.2, -0.15) is 0 Å². The van der Waals surface area contributed by atoms with Crippen LogP contribution in [0.2, 0.25) is 0 Å². The third-order valence-electron chi connectivity index (χ3n) is 2.55. The first-order valence-corrected chi connectivity index (χ1v) is 4.66. The fraction of sp³-hybridized carbons (Fsp3) is 0.889. The number of nitrogens with two attached hydrogens (primary N) is 1. The minimum absolute atomic E-state index is 0.122. The van der Waals surface area contributed by atoms with Crippen molar-refractivity contribution in [2.45, 2.75) is 44.6 Å². The van der Waals surface area contributed by atoms with E-state index in [1.54, 1.807) is 0 Å². The van der Waals surface area contributed by atoms with Crippen LogP contribution in [0.3, 0.4) is 0 Å². The molecule has 1 fully saturated rings. The van der Waals surface area contributed by atoms with Crippen LogP contribution in [0.5, 0.6) is 0 Å². The molecule has 1 unspecified atom stereocenters. The fourth-order valence-corrected chi connectivity index (χ4v) is 1.98. The number of hydrogen-bond donors (Lipinski definition) is 2. The summed E-state index contributed by atoms with van der Waals surface area (Å²) in [6.07, 6.45) is 6.10. The van der Waals surface area contributed by atoms with E-state index in [1.807, 2.05) is 0 Å². The Morgan fingerprint density at radius 3 is 2.58 bits per heavy atom. The zero-order chi connectivity index (χ0) is 8.97. The van der Waals surface area contributed by atoms with Crippen LogP contribution < -0.4 is 5.73 Å². The van der Waals surface area contributed by atoms with E-state index in [0.717, 1.165) is 6.42 Å². The van der Waals surface area contributed by atoms with Crippen LogP contribution in [0.25, 0.3) is 0 Å². The van der Waals surface area contributed by atoms with Crippen LogP contribution in [0, 0.1) is 5.92 Å². The van der Waals surface area contributed by atoms with Crippen molar-refractivity contribution in [2.24, 2.45) is 11.7 Å². The van der Waals surface area contributed by atoms with Gasteiger partial charge in [-0.15, -0.1) is 0 Å². The van der Waals surface area contributed by atoms with Crippen LogP contribution in [-0.2, 0) is 4.79 Å². The predicted octanol–water partition coefficient (Wildman–Crippen LogP) is 1.37. The Bertz CT molecular complexity index is 153. The van der Waals surface area contributed by atoms with Gasteiger partial charge in [0.2, 0.25) is 0 Å². The van der Waals surface area contributed by atoms with E-state index in [1.165, 1.54) is 25.7 Å². The lowest BCUT2D eigenvalue weighted by molar-refractivity contribution is -0.137. The van der Waals surface area contributed by atoms with Crippen molar-refractivity contribution in [1.29, 1.82) is 0 Å². The number of carboxylic acid groups (broad SMARTS) is 1. The van der Waals surface area contributed by atoms with Crippen molar-refractivity contribution >= 4 is 5.97 Å². The van der Waals surface area contributed by atoms with E-state index >= 15 is 0 Å². The average molecular weight is 171 g/mol. The highest BCUT2D eigenvalue weighted by Crippen LogP contribution is 2.28. The van der Waals surface area contributed by atoms with Gasteiger partial charge in [0.15, 0.2) is 0 Å². The second kappa shape index (κ2) is 4.45. The number of aliphatic carboxylic acids is 1. The zero-order valence-electron chi connectivity index (χ0n) is 7.33. The highest BCUT2D eigenvalue weighted by molar-refractivity contribution is 5.67. The maximum atomic E-state index is 10.3. The molecule has 3 nitrogen and oxygen atoms in total. The SMILES string of the molecule is NC(CC(=O)O)CC1CCCC1. The number of carboxylic acids is 1. The summed E-state index contributed by atoms with van der Waals surface area (Å²) in [5, 5.41) is 8.48. The smallest absolute Gasteiger partial charge is 0.304 e. The summed E-state index contributed by atoms with van der Waals surface area (Å²) in [7, 11) is 0. The molecular weight excluding hydrogens is 154 g/mol. The van der Waals surface area contributed by atoms with E-state index in [2.05, 4.69) is 0 Å². The lowest BCUT2D eigenvalue weighted by Crippen LogP contribution is -2.25. The summed E-state index contributed by atoms with van der Waals surface area (Å²) in [5.41, 5.74) is 5.67. The molecule has 70 valence electrons. The highest BCUT2D eigenvalue weighted by Gasteiger charge is 2.19. The van der Waals surface area contributed by atoms with Crippen LogP contribution in [0.1, 0.15) is 38.5 Å². The van der Waals surface area contributed by atoms with Crippen molar-refractivity contribution in [1.82, 2.24) is 0 Å². The zero-order valence-corrected chi connectivity index (χ0v) is 7.33. The molecule has 3 heteroatoms. The predicted molar refractivity (Wildman–Crippen MR) is 46.8 cm³/mol. The molecule has 0 bridgehead atoms. The standard InChI is InChI=1S/C9H17NO2/c10-8(6-9(11)12)5-7-3-1-2-4-7/h7-8H,1-6,10H2,(H,11,12). The van der Waals surface area contributed by atoms with Gasteiger partial charge in [0, 0.05) is 6.04 Å². The van der Waals surface area contributed by atoms with E-state index in [0.29, 0.717) is 5.92 Å². The van der Waals surface area contributed by atoms with Crippen molar-refractivity contribution in [3.05, 3.63) is 0 Å². The largest absolute Gasteiger partial charge is 0.481 e. The Kier molecular flexibility index (Phi) is 3.53. The molecule has 1 aliphatic carbocycles. The molecule has 0 spiro atoms. The fourth-order valence-electron chi connectivity index (χ4n) is 1.98. The van der Waals surface area contributed by atoms with Crippen molar-refractivity contribution in [3.63, 3.8) is 0 Å². The maximum absolute atomic E-state index is 10.3. The summed E-state index contributed by atoms with van der Waals surface area (Å²) < 4.78 is 0. The molecule has 1 aliphatic rings. The first kappa shape index (κ1) is 9.52. The second-order valence-corrected chi connectivity index (χ2v) is 3.74. The molecule has 0 aromatic carbocycles. The van der Waals surface area contributed by atoms with Gasteiger partial charge in [-0.1, -0.05) is 25.7 Å². The molecule has 1 rings (SSSR count). The molecule has 0 saturated heterocycles. The Hall–Kier alpha value is -0.570. The second-order valence-electron chi connectivity index (χ2n) is 3.74. The minimum atomic E-state index is -0.777. The maximum Gasteiger partial charge on any atom is 0.304 e. The van der Waals surface area contributed by atoms with Gasteiger partial charge in [-0.05, 0) is 12.3 Å². The normalized spacial score (nSPS) is 21.1. The number of carbonyl (C=O) groups is 1. The first-order valence-electron chi connectivity index (χ1n) is 4.66. The average Bonchev–Trinajstić information content (AvgIpc) is 2.37. The number of hydrogen-bond acceptors (Lipinski definition) is 2. The molecule has 0 heterocycles. The van der Waals surface area contributed by atoms with E-state index < -0.39 is 5.97 Å². The summed E-state index contributed by atoms with van der Waals surface area (Å²) in [6.45, 7) is 0. The molecular formula is C9H17NO2. The van der Waals surface area contributed by atoms with Crippen molar-refractivity contribution in [2.75, 3.05) is 0 Å². The van der Waals surface area contributed by atoms with Gasteiger partial charge in [-0.3, -0.25) is 4.79 Å². The quantitative estimate of drug-likeness (QED) is 0.671. The molecule has 0 amide bonds. The first-order chi connectivity index (χ1) is 5.68. The topological polar surface area (TPSA) is 63.3 Å². The minimum Gasteiger partial charge on any atom is -0.481 e. The highest BCUT2D eigenvalue weighted by atomic mass is 16.4. The Morgan fingerprint density at radius 2 is 2.08 bits per heavy atom. The monoisotopic (exact) mass is 171 g/mol. The molecule has 3 N–H and O–H groups in total. The third kappa shape index (κ3) is 3.22. The summed E-state index contributed by atoms with van der Waals surface area (Å²) >= 11 is 0. The Labute approximate surface area is 72.9 Å². The van der Waals surface area contributed by atoms with Crippen LogP contribution in [-0.4, -0.2) is 17.1 Å². The molecule has 0 aromatic heterocycles. The van der Waals surface area contributed by atoms with Gasteiger partial charge in [0.05, 0.1) is 6.42 Å². The summed E-state index contributed by atoms with van der Waals surface area (Å²) in [5.74, 6) is -0.0835. The number of rotatable bonds is 4. The van der Waals surface area contributed by atoms with E-state index in [4.69, 9.17) is 10.8 Å². The molecule has 0 radical (unpaired) electrons. The van der Waals surface area contributed by atoms with Gasteiger partial charge >= 0.3 is 5.97 Å². The summed E-state index contributed by atoms with van der Waals surface area (Å²) in [4.78, 5) is 10.3. The van der Waals surface area contributed by atoms with E-state index in [-0.39, 0.29) is 12.5 Å². The van der Waals surface area contributed by atoms with Gasteiger partial charge in [-0.25, -0.2) is 0 Å². The van der Waals surface area contributed by atoms with Crippen molar-refractivity contribution < 1.29 is 9.90 Å². The Balaban J connectivity index is 2.16. The Morgan fingerprint density at radius 1 is 1.50 bits per heavy atom. The molecule has 0 aromatic rings. The third-order valence-corrected chi connectivity index (χ3v) is 2.55. The van der Waals surface area contributed by atoms with Crippen LogP contribution in [0.4, 0.5) is 0 Å². The van der Waals surface area contributed by atoms with Gasteiger partial charge < -0.3 is 10.8 Å². The van der Waals surface area contributed by atoms with Gasteiger partial charge in [0.1, 0.15) is 0 Å². The lowest BCUT2D eigenvalue weighted by atomic mass is 9.97.